The molecule has 0 atom stereocenters. The van der Waals surface area contributed by atoms with Crippen molar-refractivity contribution in [2.24, 2.45) is 5.92 Å². The standard InChI is InChI=1S/C25H29F3N4O3/c1-4-35-23(33)21-22(15-6-5-7-17(14-15)25(26,27)28)32-20(30-21)13-12-19(31-32)29-18-10-8-16(9-11-18)24(2,3)34/h5-7,12-14,16,18,34H,4,8-11H2,1-3H3,(H,29,31)/t16-,18-. The van der Waals surface area contributed by atoms with E-state index < -0.39 is 23.3 Å². The monoisotopic (exact) mass is 490 g/mol. The number of aliphatic hydroxyl groups is 1. The van der Waals surface area contributed by atoms with Crippen LogP contribution in [0.2, 0.25) is 0 Å². The molecule has 0 spiro atoms. The molecule has 1 aliphatic rings. The Morgan fingerprint density at radius 3 is 2.51 bits per heavy atom. The Labute approximate surface area is 201 Å². The third-order valence-electron chi connectivity index (χ3n) is 6.49. The first-order valence-corrected chi connectivity index (χ1v) is 11.7. The molecule has 2 heterocycles. The number of rotatable bonds is 6. The Morgan fingerprint density at radius 2 is 1.89 bits per heavy atom. The summed E-state index contributed by atoms with van der Waals surface area (Å²) in [4.78, 5) is 16.9. The fraction of sp³-hybridized carbons (Fsp3) is 0.480. The van der Waals surface area contributed by atoms with Crippen LogP contribution in [0.3, 0.4) is 0 Å². The number of aromatic nitrogens is 3. The van der Waals surface area contributed by atoms with Crippen LogP contribution in [-0.4, -0.2) is 43.9 Å². The number of benzene rings is 1. The second-order valence-corrected chi connectivity index (χ2v) is 9.44. The summed E-state index contributed by atoms with van der Waals surface area (Å²) >= 11 is 0. The maximum absolute atomic E-state index is 13.4. The van der Waals surface area contributed by atoms with E-state index in [0.717, 1.165) is 37.8 Å². The number of nitrogens with zero attached hydrogens (tertiary/aromatic N) is 3. The van der Waals surface area contributed by atoms with E-state index in [-0.39, 0.29) is 35.5 Å². The van der Waals surface area contributed by atoms with E-state index in [9.17, 15) is 23.1 Å². The zero-order valence-electron chi connectivity index (χ0n) is 19.9. The van der Waals surface area contributed by atoms with E-state index in [4.69, 9.17) is 4.74 Å². The Balaban J connectivity index is 1.70. The number of nitrogens with one attached hydrogen (secondary N) is 1. The zero-order valence-corrected chi connectivity index (χ0v) is 19.9. The van der Waals surface area contributed by atoms with Crippen molar-refractivity contribution in [3.05, 3.63) is 47.7 Å². The first-order chi connectivity index (χ1) is 16.5. The number of carbonyl (C=O) groups excluding carboxylic acids is 1. The van der Waals surface area contributed by atoms with E-state index in [1.807, 2.05) is 13.8 Å². The van der Waals surface area contributed by atoms with Crippen LogP contribution in [0, 0.1) is 5.92 Å². The number of halogens is 3. The fourth-order valence-electron chi connectivity index (χ4n) is 4.61. The predicted molar refractivity (Wildman–Crippen MR) is 125 cm³/mol. The minimum Gasteiger partial charge on any atom is -0.461 e. The zero-order chi connectivity index (χ0) is 25.4. The average molecular weight is 491 g/mol. The molecule has 1 aliphatic carbocycles. The number of alkyl halides is 3. The van der Waals surface area contributed by atoms with Gasteiger partial charge in [0.1, 0.15) is 11.5 Å². The van der Waals surface area contributed by atoms with Crippen molar-refractivity contribution in [1.29, 1.82) is 0 Å². The van der Waals surface area contributed by atoms with Crippen molar-refractivity contribution in [2.45, 2.75) is 64.3 Å². The SMILES string of the molecule is CCOC(=O)c1nc2ccc(N[C@H]3CC[C@H](C(C)(C)O)CC3)nn2c1-c1cccc(C(F)(F)F)c1. The minimum absolute atomic E-state index is 0.0958. The van der Waals surface area contributed by atoms with Crippen LogP contribution in [0.5, 0.6) is 0 Å². The molecule has 0 bridgehead atoms. The lowest BCUT2D eigenvalue weighted by Gasteiger charge is -2.36. The molecule has 3 aromatic rings. The molecule has 0 radical (unpaired) electrons. The van der Waals surface area contributed by atoms with Crippen LogP contribution >= 0.6 is 0 Å². The lowest BCUT2D eigenvalue weighted by Crippen LogP contribution is -2.37. The summed E-state index contributed by atoms with van der Waals surface area (Å²) in [5, 5.41) is 18.2. The number of ether oxygens (including phenoxy) is 1. The van der Waals surface area contributed by atoms with Crippen LogP contribution in [0.4, 0.5) is 19.0 Å². The van der Waals surface area contributed by atoms with Crippen LogP contribution < -0.4 is 5.32 Å². The maximum Gasteiger partial charge on any atom is 0.416 e. The number of imidazole rings is 1. The number of hydrogen-bond acceptors (Lipinski definition) is 6. The number of fused-ring (bicyclic) bond motifs is 1. The van der Waals surface area contributed by atoms with Gasteiger partial charge in [-0.2, -0.15) is 13.2 Å². The highest BCUT2D eigenvalue weighted by Crippen LogP contribution is 2.35. The topological polar surface area (TPSA) is 88.8 Å². The molecule has 7 nitrogen and oxygen atoms in total. The van der Waals surface area contributed by atoms with Gasteiger partial charge < -0.3 is 15.2 Å². The van der Waals surface area contributed by atoms with Crippen LogP contribution in [0.25, 0.3) is 16.9 Å². The van der Waals surface area contributed by atoms with Crippen molar-refractivity contribution in [3.63, 3.8) is 0 Å². The summed E-state index contributed by atoms with van der Waals surface area (Å²) in [5.74, 6) is 0.0133. The van der Waals surface area contributed by atoms with Gasteiger partial charge in [0.15, 0.2) is 11.3 Å². The molecule has 0 aliphatic heterocycles. The first-order valence-electron chi connectivity index (χ1n) is 11.7. The van der Waals surface area contributed by atoms with E-state index in [1.54, 1.807) is 19.1 Å². The van der Waals surface area contributed by atoms with Crippen LogP contribution in [-0.2, 0) is 10.9 Å². The Kier molecular flexibility index (Phi) is 6.77. The number of anilines is 1. The van der Waals surface area contributed by atoms with Gasteiger partial charge in [0.2, 0.25) is 0 Å². The molecule has 2 N–H and O–H groups in total. The van der Waals surface area contributed by atoms with E-state index >= 15 is 0 Å². The summed E-state index contributed by atoms with van der Waals surface area (Å²) in [6.07, 6.45) is -1.09. The molecular weight excluding hydrogens is 461 g/mol. The van der Waals surface area contributed by atoms with Gasteiger partial charge in [-0.05, 0) is 76.6 Å². The summed E-state index contributed by atoms with van der Waals surface area (Å²) in [7, 11) is 0. The largest absolute Gasteiger partial charge is 0.461 e. The van der Waals surface area contributed by atoms with Gasteiger partial charge >= 0.3 is 12.1 Å². The Bertz CT molecular complexity index is 1210. The van der Waals surface area contributed by atoms with Gasteiger partial charge in [0, 0.05) is 11.6 Å². The van der Waals surface area contributed by atoms with Gasteiger partial charge in [0.05, 0.1) is 17.8 Å². The summed E-state index contributed by atoms with van der Waals surface area (Å²) in [5.41, 5.74) is -1.04. The summed E-state index contributed by atoms with van der Waals surface area (Å²) < 4.78 is 46.6. The Hall–Kier alpha value is -3.14. The first kappa shape index (κ1) is 25.0. The van der Waals surface area contributed by atoms with Gasteiger partial charge in [-0.25, -0.2) is 14.3 Å². The molecule has 2 aromatic heterocycles. The summed E-state index contributed by atoms with van der Waals surface area (Å²) in [6.45, 7) is 5.40. The van der Waals surface area contributed by atoms with E-state index in [2.05, 4.69) is 15.4 Å². The molecule has 0 saturated heterocycles. The third kappa shape index (κ3) is 5.42. The molecule has 188 valence electrons. The summed E-state index contributed by atoms with van der Waals surface area (Å²) in [6, 6.07) is 8.26. The van der Waals surface area contributed by atoms with Crippen molar-refractivity contribution in [2.75, 3.05) is 11.9 Å². The Morgan fingerprint density at radius 1 is 1.17 bits per heavy atom. The fourth-order valence-corrected chi connectivity index (χ4v) is 4.61. The molecule has 1 aromatic carbocycles. The normalized spacial score (nSPS) is 19.1. The predicted octanol–water partition coefficient (Wildman–Crippen LogP) is 5.33. The molecule has 1 fully saturated rings. The molecule has 1 saturated carbocycles. The second kappa shape index (κ2) is 9.49. The highest BCUT2D eigenvalue weighted by atomic mass is 19.4. The molecular formula is C25H29F3N4O3. The molecule has 10 heteroatoms. The maximum atomic E-state index is 13.4. The number of esters is 1. The third-order valence-corrected chi connectivity index (χ3v) is 6.49. The lowest BCUT2D eigenvalue weighted by molar-refractivity contribution is -0.137. The highest BCUT2D eigenvalue weighted by molar-refractivity contribution is 5.95. The van der Waals surface area contributed by atoms with Crippen LogP contribution in [0.1, 0.15) is 62.5 Å². The minimum atomic E-state index is -4.54. The second-order valence-electron chi connectivity index (χ2n) is 9.44. The molecule has 0 unspecified atom stereocenters. The lowest BCUT2D eigenvalue weighted by atomic mass is 9.77. The van der Waals surface area contributed by atoms with Crippen molar-refractivity contribution >= 4 is 17.4 Å². The van der Waals surface area contributed by atoms with Crippen molar-refractivity contribution < 1.29 is 27.8 Å². The smallest absolute Gasteiger partial charge is 0.416 e. The quantitative estimate of drug-likeness (QED) is 0.454. The van der Waals surface area contributed by atoms with Gasteiger partial charge in [0.25, 0.3) is 0 Å². The molecule has 0 amide bonds. The van der Waals surface area contributed by atoms with E-state index in [1.165, 1.54) is 16.6 Å². The van der Waals surface area contributed by atoms with Crippen molar-refractivity contribution in [3.8, 4) is 11.3 Å². The highest BCUT2D eigenvalue weighted by Gasteiger charge is 2.33. The molecule has 4 rings (SSSR count). The van der Waals surface area contributed by atoms with Crippen LogP contribution in [0.15, 0.2) is 36.4 Å². The van der Waals surface area contributed by atoms with Crippen molar-refractivity contribution in [1.82, 2.24) is 14.6 Å². The number of carbonyl (C=O) groups is 1. The van der Waals surface area contributed by atoms with Gasteiger partial charge in [-0.3, -0.25) is 0 Å². The number of hydrogen-bond donors (Lipinski definition) is 2. The molecule has 35 heavy (non-hydrogen) atoms. The average Bonchev–Trinajstić information content (AvgIpc) is 3.17. The van der Waals surface area contributed by atoms with Gasteiger partial charge in [-0.1, -0.05) is 12.1 Å². The van der Waals surface area contributed by atoms with Gasteiger partial charge in [-0.15, -0.1) is 5.10 Å². The van der Waals surface area contributed by atoms with E-state index in [0.29, 0.717) is 11.5 Å².